The van der Waals surface area contributed by atoms with Crippen LogP contribution in [-0.2, 0) is 4.74 Å². The number of hydrogen-bond acceptors (Lipinski definition) is 1. The second-order valence-electron chi connectivity index (χ2n) is 2.16. The van der Waals surface area contributed by atoms with E-state index in [1.165, 1.54) is 5.57 Å². The highest BCUT2D eigenvalue weighted by atomic mass is 16.6. The van der Waals surface area contributed by atoms with Gasteiger partial charge in [-0.25, -0.2) is 0 Å². The van der Waals surface area contributed by atoms with Crippen LogP contribution in [-0.4, -0.2) is 12.7 Å². The van der Waals surface area contributed by atoms with Crippen LogP contribution in [0.3, 0.4) is 0 Å². The Morgan fingerprint density at radius 3 is 3.00 bits per heavy atom. The second-order valence-corrected chi connectivity index (χ2v) is 2.16. The van der Waals surface area contributed by atoms with Gasteiger partial charge in [-0.2, -0.15) is 0 Å². The lowest BCUT2D eigenvalue weighted by Gasteiger charge is -1.84. The van der Waals surface area contributed by atoms with Crippen LogP contribution in [0.15, 0.2) is 23.8 Å². The Bertz CT molecular complexity index is 152. The molecule has 1 aliphatic carbocycles. The highest BCUT2D eigenvalue weighted by Gasteiger charge is 2.25. The minimum atomic E-state index is 0.466. The zero-order chi connectivity index (χ0) is 5.40. The molecule has 2 aliphatic rings. The van der Waals surface area contributed by atoms with Crippen molar-refractivity contribution in [1.29, 1.82) is 0 Å². The molecule has 0 aromatic carbocycles. The van der Waals surface area contributed by atoms with Crippen molar-refractivity contribution in [2.45, 2.75) is 12.5 Å². The quantitative estimate of drug-likeness (QED) is 0.461. The molecule has 2 rings (SSSR count). The van der Waals surface area contributed by atoms with E-state index < -0.39 is 0 Å². The Hall–Kier alpha value is -0.560. The Kier molecular flexibility index (Phi) is 0.788. The van der Waals surface area contributed by atoms with E-state index in [0.29, 0.717) is 6.10 Å². The van der Waals surface area contributed by atoms with E-state index in [1.807, 2.05) is 0 Å². The van der Waals surface area contributed by atoms with Gasteiger partial charge in [0.15, 0.2) is 0 Å². The van der Waals surface area contributed by atoms with Crippen LogP contribution in [0.5, 0.6) is 0 Å². The molecule has 0 amide bonds. The van der Waals surface area contributed by atoms with Gasteiger partial charge in [-0.3, -0.25) is 0 Å². The van der Waals surface area contributed by atoms with Crippen LogP contribution >= 0.6 is 0 Å². The Labute approximate surface area is 48.7 Å². The van der Waals surface area contributed by atoms with Crippen molar-refractivity contribution >= 4 is 0 Å². The molecule has 1 unspecified atom stereocenters. The molecule has 0 aromatic rings. The van der Waals surface area contributed by atoms with Crippen molar-refractivity contribution in [2.24, 2.45) is 0 Å². The number of allylic oxidation sites excluding steroid dienone is 2. The molecule has 0 N–H and O–H groups in total. The molecule has 8 heavy (non-hydrogen) atoms. The van der Waals surface area contributed by atoms with Crippen LogP contribution in [0.4, 0.5) is 0 Å². The average molecular weight is 108 g/mol. The van der Waals surface area contributed by atoms with Gasteiger partial charge in [0.1, 0.15) is 6.10 Å². The number of ether oxygens (including phenoxy) is 1. The summed E-state index contributed by atoms with van der Waals surface area (Å²) in [4.78, 5) is 0. The minimum absolute atomic E-state index is 0.466. The third-order valence-electron chi connectivity index (χ3n) is 1.51. The average Bonchev–Trinajstić information content (AvgIpc) is 2.49. The monoisotopic (exact) mass is 108 g/mol. The van der Waals surface area contributed by atoms with E-state index in [0.717, 1.165) is 13.0 Å². The molecule has 0 aromatic heterocycles. The first-order valence-electron chi connectivity index (χ1n) is 2.95. The van der Waals surface area contributed by atoms with Gasteiger partial charge in [-0.05, 0) is 12.0 Å². The van der Waals surface area contributed by atoms with Crippen LogP contribution in [0.25, 0.3) is 0 Å². The zero-order valence-electron chi connectivity index (χ0n) is 4.63. The van der Waals surface area contributed by atoms with Gasteiger partial charge in [0.25, 0.3) is 0 Å². The molecule has 1 heteroatoms. The maximum Gasteiger partial charge on any atom is 0.106 e. The first-order chi connectivity index (χ1) is 3.97. The summed E-state index contributed by atoms with van der Waals surface area (Å²) >= 11 is 0. The predicted octanol–water partition coefficient (Wildman–Crippen LogP) is 1.27. The van der Waals surface area contributed by atoms with Gasteiger partial charge in [0.2, 0.25) is 0 Å². The largest absolute Gasteiger partial charge is 0.368 e. The lowest BCUT2D eigenvalue weighted by atomic mass is 10.2. The molecule has 1 atom stereocenters. The van der Waals surface area contributed by atoms with Gasteiger partial charge in [0.05, 0.1) is 6.61 Å². The third-order valence-corrected chi connectivity index (χ3v) is 1.51. The molecule has 0 bridgehead atoms. The van der Waals surface area contributed by atoms with Gasteiger partial charge < -0.3 is 4.74 Å². The van der Waals surface area contributed by atoms with Crippen LogP contribution < -0.4 is 0 Å². The molecule has 0 radical (unpaired) electrons. The fourth-order valence-corrected chi connectivity index (χ4v) is 0.956. The predicted molar refractivity (Wildman–Crippen MR) is 31.6 cm³/mol. The van der Waals surface area contributed by atoms with E-state index in [9.17, 15) is 0 Å². The topological polar surface area (TPSA) is 12.5 Å². The second kappa shape index (κ2) is 1.46. The van der Waals surface area contributed by atoms with Crippen molar-refractivity contribution in [1.82, 2.24) is 0 Å². The number of epoxide rings is 1. The van der Waals surface area contributed by atoms with Gasteiger partial charge in [-0.15, -0.1) is 0 Å². The lowest BCUT2D eigenvalue weighted by molar-refractivity contribution is 0.434. The maximum atomic E-state index is 5.07. The van der Waals surface area contributed by atoms with Crippen LogP contribution in [0, 0.1) is 0 Å². The van der Waals surface area contributed by atoms with E-state index in [2.05, 4.69) is 18.2 Å². The molecular weight excluding hydrogens is 100 g/mol. The molecule has 1 saturated heterocycles. The van der Waals surface area contributed by atoms with Gasteiger partial charge >= 0.3 is 0 Å². The summed E-state index contributed by atoms with van der Waals surface area (Å²) in [7, 11) is 0. The Morgan fingerprint density at radius 2 is 2.50 bits per heavy atom. The van der Waals surface area contributed by atoms with E-state index in [4.69, 9.17) is 4.74 Å². The molecule has 0 saturated carbocycles. The van der Waals surface area contributed by atoms with Crippen molar-refractivity contribution in [3.63, 3.8) is 0 Å². The first-order valence-corrected chi connectivity index (χ1v) is 2.95. The van der Waals surface area contributed by atoms with Gasteiger partial charge in [0, 0.05) is 0 Å². The molecule has 1 nitrogen and oxygen atoms in total. The minimum Gasteiger partial charge on any atom is -0.368 e. The summed E-state index contributed by atoms with van der Waals surface area (Å²) in [5, 5.41) is 0. The fourth-order valence-electron chi connectivity index (χ4n) is 0.956. The van der Waals surface area contributed by atoms with Crippen LogP contribution in [0.2, 0.25) is 0 Å². The number of rotatable bonds is 1. The van der Waals surface area contributed by atoms with Crippen molar-refractivity contribution < 1.29 is 4.74 Å². The van der Waals surface area contributed by atoms with Crippen LogP contribution in [0.1, 0.15) is 6.42 Å². The summed E-state index contributed by atoms with van der Waals surface area (Å²) in [5.74, 6) is 0. The van der Waals surface area contributed by atoms with E-state index in [1.54, 1.807) is 0 Å². The summed E-state index contributed by atoms with van der Waals surface area (Å²) < 4.78 is 5.07. The number of hydrogen-bond donors (Lipinski definition) is 0. The molecule has 42 valence electrons. The van der Waals surface area contributed by atoms with Gasteiger partial charge in [-0.1, -0.05) is 18.2 Å². The maximum absolute atomic E-state index is 5.07. The molecule has 0 spiro atoms. The summed E-state index contributed by atoms with van der Waals surface area (Å²) in [6.07, 6.45) is 8.11. The standard InChI is InChI=1S/C7H8O/c1-2-4-6(3-1)7-5-8-7/h1,3-4,7H,2,5H2. The smallest absolute Gasteiger partial charge is 0.106 e. The normalized spacial score (nSPS) is 33.0. The first kappa shape index (κ1) is 4.33. The van der Waals surface area contributed by atoms with Crippen molar-refractivity contribution in [3.05, 3.63) is 23.8 Å². The Morgan fingerprint density at radius 1 is 1.62 bits per heavy atom. The zero-order valence-corrected chi connectivity index (χ0v) is 4.63. The molecule has 1 heterocycles. The highest BCUT2D eigenvalue weighted by Crippen LogP contribution is 2.24. The van der Waals surface area contributed by atoms with E-state index >= 15 is 0 Å². The molecular formula is C7H8O. The van der Waals surface area contributed by atoms with Crippen molar-refractivity contribution in [3.8, 4) is 0 Å². The summed E-state index contributed by atoms with van der Waals surface area (Å²) in [6.45, 7) is 0.941. The molecule has 1 aliphatic heterocycles. The van der Waals surface area contributed by atoms with E-state index in [-0.39, 0.29) is 0 Å². The lowest BCUT2D eigenvalue weighted by Crippen LogP contribution is -1.83. The van der Waals surface area contributed by atoms with Crippen molar-refractivity contribution in [2.75, 3.05) is 6.61 Å². The molecule has 1 fully saturated rings. The highest BCUT2D eigenvalue weighted by molar-refractivity contribution is 5.31. The fraction of sp³-hybridized carbons (Fsp3) is 0.429. The summed E-state index contributed by atoms with van der Waals surface area (Å²) in [5.41, 5.74) is 1.38. The summed E-state index contributed by atoms with van der Waals surface area (Å²) in [6, 6.07) is 0. The SMILES string of the molecule is C1=CC(C2CO2)=CC1. The Balaban J connectivity index is 2.13. The third kappa shape index (κ3) is 0.594.